The number of carbonyl (C=O) groups is 3. The molecule has 0 radical (unpaired) electrons. The molecular formula is C37H47N3O3. The Morgan fingerprint density at radius 3 is 1.40 bits per heavy atom. The van der Waals surface area contributed by atoms with Crippen molar-refractivity contribution in [1.29, 1.82) is 0 Å². The van der Waals surface area contributed by atoms with Crippen LogP contribution >= 0.6 is 0 Å². The highest BCUT2D eigenvalue weighted by Gasteiger charge is 2.04. The molecule has 0 aliphatic heterocycles. The second-order valence-corrected chi connectivity index (χ2v) is 10.6. The standard InChI is InChI=1S/C14H19NO.C12H15NO.C11H13NO/c1-9-6-10(2)14(11(3)7-9)15-12(4)8-13(5)16;1-9-6-4-5-7-12(9)13-10(2)8-11(3)14;1-9(8-10(2)13)12-11-6-4-3-5-7-11/h6-8,15H,1-5H3;4-8,13H,1-3H3;3-8,12H,1-2H3/b12-8-;10-8-;9-8-. The summed E-state index contributed by atoms with van der Waals surface area (Å²) in [6, 6.07) is 22.0. The molecular weight excluding hydrogens is 534 g/mol. The van der Waals surface area contributed by atoms with Gasteiger partial charge >= 0.3 is 0 Å². The fourth-order valence-electron chi connectivity index (χ4n) is 4.27. The molecule has 0 aliphatic carbocycles. The quantitative estimate of drug-likeness (QED) is 0.219. The Hall–Kier alpha value is -4.71. The number of benzene rings is 3. The van der Waals surface area contributed by atoms with E-state index in [0.29, 0.717) is 0 Å². The lowest BCUT2D eigenvalue weighted by molar-refractivity contribution is -0.113. The maximum Gasteiger partial charge on any atom is 0.154 e. The van der Waals surface area contributed by atoms with Gasteiger partial charge in [0.15, 0.2) is 17.3 Å². The molecule has 6 heteroatoms. The zero-order chi connectivity index (χ0) is 32.5. The predicted octanol–water partition coefficient (Wildman–Crippen LogP) is 9.01. The minimum atomic E-state index is 0.0564. The molecule has 0 bridgehead atoms. The summed E-state index contributed by atoms with van der Waals surface area (Å²) in [4.78, 5) is 32.5. The monoisotopic (exact) mass is 581 g/mol. The van der Waals surface area contributed by atoms with Crippen molar-refractivity contribution >= 4 is 34.4 Å². The van der Waals surface area contributed by atoms with E-state index < -0.39 is 0 Å². The summed E-state index contributed by atoms with van der Waals surface area (Å²) < 4.78 is 0. The maximum absolute atomic E-state index is 11.0. The Morgan fingerprint density at radius 1 is 0.512 bits per heavy atom. The van der Waals surface area contributed by atoms with Crippen LogP contribution in [0.2, 0.25) is 0 Å². The van der Waals surface area contributed by atoms with Gasteiger partial charge in [0.1, 0.15) is 0 Å². The minimum Gasteiger partial charge on any atom is -0.359 e. The highest BCUT2D eigenvalue weighted by Crippen LogP contribution is 2.23. The van der Waals surface area contributed by atoms with Crippen LogP contribution in [-0.4, -0.2) is 17.3 Å². The number of para-hydroxylation sites is 2. The van der Waals surface area contributed by atoms with Gasteiger partial charge in [-0.3, -0.25) is 14.4 Å². The molecule has 0 aliphatic rings. The van der Waals surface area contributed by atoms with Crippen LogP contribution in [0.4, 0.5) is 17.1 Å². The van der Waals surface area contributed by atoms with Crippen LogP contribution in [0.1, 0.15) is 63.8 Å². The molecule has 0 aromatic heterocycles. The van der Waals surface area contributed by atoms with E-state index in [1.807, 2.05) is 82.3 Å². The second kappa shape index (κ2) is 18.7. The van der Waals surface area contributed by atoms with Crippen molar-refractivity contribution in [3.8, 4) is 0 Å². The zero-order valence-corrected chi connectivity index (χ0v) is 27.3. The van der Waals surface area contributed by atoms with Gasteiger partial charge in [-0.2, -0.15) is 0 Å². The number of ketones is 3. The van der Waals surface area contributed by atoms with Gasteiger partial charge in [-0.05, 0) is 122 Å². The Morgan fingerprint density at radius 2 is 0.930 bits per heavy atom. The molecule has 0 spiro atoms. The van der Waals surface area contributed by atoms with Crippen molar-refractivity contribution in [1.82, 2.24) is 0 Å². The van der Waals surface area contributed by atoms with E-state index in [1.165, 1.54) is 29.2 Å². The third kappa shape index (κ3) is 15.8. The third-order valence-electron chi connectivity index (χ3n) is 5.85. The van der Waals surface area contributed by atoms with Crippen LogP contribution in [0.5, 0.6) is 0 Å². The molecule has 0 saturated carbocycles. The van der Waals surface area contributed by atoms with Crippen molar-refractivity contribution in [3.63, 3.8) is 0 Å². The molecule has 0 atom stereocenters. The van der Waals surface area contributed by atoms with Gasteiger partial charge in [-0.25, -0.2) is 0 Å². The highest BCUT2D eigenvalue weighted by atomic mass is 16.1. The summed E-state index contributed by atoms with van der Waals surface area (Å²) in [5.41, 5.74) is 10.6. The normalized spacial score (nSPS) is 11.3. The number of hydrogen-bond acceptors (Lipinski definition) is 6. The minimum absolute atomic E-state index is 0.0564. The molecule has 228 valence electrons. The van der Waals surface area contributed by atoms with Gasteiger partial charge in [0.2, 0.25) is 0 Å². The molecule has 0 unspecified atom stereocenters. The van der Waals surface area contributed by atoms with E-state index in [4.69, 9.17) is 0 Å². The molecule has 3 aromatic rings. The molecule has 43 heavy (non-hydrogen) atoms. The number of anilines is 3. The van der Waals surface area contributed by atoms with Crippen molar-refractivity contribution in [2.45, 2.75) is 69.2 Å². The van der Waals surface area contributed by atoms with Crippen LogP contribution in [-0.2, 0) is 14.4 Å². The first-order valence-electron chi connectivity index (χ1n) is 14.2. The lowest BCUT2D eigenvalue weighted by Crippen LogP contribution is -2.02. The smallest absolute Gasteiger partial charge is 0.154 e. The highest BCUT2D eigenvalue weighted by molar-refractivity contribution is 5.89. The summed E-state index contributed by atoms with van der Waals surface area (Å²) in [5, 5.41) is 9.57. The number of hydrogen-bond donors (Lipinski definition) is 3. The van der Waals surface area contributed by atoms with Crippen molar-refractivity contribution < 1.29 is 14.4 Å². The molecule has 0 heterocycles. The van der Waals surface area contributed by atoms with Crippen LogP contribution < -0.4 is 16.0 Å². The van der Waals surface area contributed by atoms with Gasteiger partial charge in [0.25, 0.3) is 0 Å². The van der Waals surface area contributed by atoms with E-state index in [2.05, 4.69) is 48.9 Å². The van der Waals surface area contributed by atoms with E-state index in [1.54, 1.807) is 32.1 Å². The molecule has 3 aromatic carbocycles. The van der Waals surface area contributed by atoms with E-state index in [-0.39, 0.29) is 17.3 Å². The lowest BCUT2D eigenvalue weighted by atomic mass is 10.0. The van der Waals surface area contributed by atoms with Crippen molar-refractivity contribution in [3.05, 3.63) is 124 Å². The Kier molecular flexibility index (Phi) is 15.8. The third-order valence-corrected chi connectivity index (χ3v) is 5.85. The first kappa shape index (κ1) is 36.3. The largest absolute Gasteiger partial charge is 0.359 e. The molecule has 0 saturated heterocycles. The van der Waals surface area contributed by atoms with Crippen LogP contribution in [0.3, 0.4) is 0 Å². The molecule has 0 amide bonds. The van der Waals surface area contributed by atoms with Crippen molar-refractivity contribution in [2.24, 2.45) is 0 Å². The number of nitrogens with one attached hydrogen (secondary N) is 3. The molecule has 6 nitrogen and oxygen atoms in total. The topological polar surface area (TPSA) is 87.3 Å². The zero-order valence-electron chi connectivity index (χ0n) is 27.3. The van der Waals surface area contributed by atoms with Crippen LogP contribution in [0.15, 0.2) is 102 Å². The lowest BCUT2D eigenvalue weighted by Gasteiger charge is -2.13. The predicted molar refractivity (Wildman–Crippen MR) is 182 cm³/mol. The van der Waals surface area contributed by atoms with Crippen LogP contribution in [0, 0.1) is 27.7 Å². The van der Waals surface area contributed by atoms with E-state index in [0.717, 1.165) is 34.2 Å². The first-order chi connectivity index (χ1) is 20.2. The summed E-state index contributed by atoms with van der Waals surface area (Å²) in [5.74, 6) is 0.178. The maximum atomic E-state index is 11.0. The van der Waals surface area contributed by atoms with Gasteiger partial charge in [0.05, 0.1) is 0 Å². The Bertz CT molecular complexity index is 1460. The summed E-state index contributed by atoms with van der Waals surface area (Å²) in [6.07, 6.45) is 4.78. The SMILES string of the molecule is CC(=O)/C=C(/C)Nc1c(C)cc(C)cc1C.CC(=O)/C=C(/C)Nc1ccccc1.CC(=O)/C=C(/C)Nc1ccccc1C. The first-order valence-corrected chi connectivity index (χ1v) is 14.2. The molecule has 0 fully saturated rings. The fraction of sp³-hybridized carbons (Fsp3) is 0.270. The summed E-state index contributed by atoms with van der Waals surface area (Å²) >= 11 is 0. The fourth-order valence-corrected chi connectivity index (χ4v) is 4.27. The van der Waals surface area contributed by atoms with Crippen LogP contribution in [0.25, 0.3) is 0 Å². The number of carbonyl (C=O) groups excluding carboxylic acids is 3. The van der Waals surface area contributed by atoms with Gasteiger partial charge in [-0.15, -0.1) is 0 Å². The van der Waals surface area contributed by atoms with Gasteiger partial charge in [-0.1, -0.05) is 54.1 Å². The summed E-state index contributed by atoms with van der Waals surface area (Å²) in [7, 11) is 0. The number of allylic oxidation sites excluding steroid dienone is 6. The molecule has 3 rings (SSSR count). The number of rotatable bonds is 9. The Balaban J connectivity index is 0.000000324. The van der Waals surface area contributed by atoms with E-state index >= 15 is 0 Å². The number of aryl methyl sites for hydroxylation is 4. The average molecular weight is 582 g/mol. The second-order valence-electron chi connectivity index (χ2n) is 10.6. The van der Waals surface area contributed by atoms with Gasteiger partial charge < -0.3 is 16.0 Å². The van der Waals surface area contributed by atoms with E-state index in [9.17, 15) is 14.4 Å². The van der Waals surface area contributed by atoms with Gasteiger partial charge in [0, 0.05) is 34.2 Å². The Labute approximate surface area is 258 Å². The average Bonchev–Trinajstić information content (AvgIpc) is 2.87. The van der Waals surface area contributed by atoms with Crippen molar-refractivity contribution in [2.75, 3.05) is 16.0 Å². The summed E-state index contributed by atoms with van der Waals surface area (Å²) in [6.45, 7) is 18.6. The molecule has 3 N–H and O–H groups in total.